The number of aryl methyl sites for hydroxylation is 1. The number of hydrogen-bond acceptors (Lipinski definition) is 3. The van der Waals surface area contributed by atoms with Crippen LogP contribution < -0.4 is 0 Å². The van der Waals surface area contributed by atoms with Crippen LogP contribution in [0.5, 0.6) is 5.75 Å². The number of pyridine rings is 2. The van der Waals surface area contributed by atoms with Crippen LogP contribution >= 0.6 is 0 Å². The highest BCUT2D eigenvalue weighted by atomic mass is 16.3. The van der Waals surface area contributed by atoms with E-state index in [0.717, 1.165) is 50.1 Å². The fourth-order valence-corrected chi connectivity index (χ4v) is 5.39. The molecule has 0 fully saturated rings. The molecule has 3 aromatic heterocycles. The Morgan fingerprint density at radius 3 is 2.22 bits per heavy atom. The lowest BCUT2D eigenvalue weighted by Gasteiger charge is -2.22. The van der Waals surface area contributed by atoms with Gasteiger partial charge in [-0.25, -0.2) is 4.98 Å². The Morgan fingerprint density at radius 2 is 1.51 bits per heavy atom. The van der Waals surface area contributed by atoms with Crippen molar-refractivity contribution in [2.75, 3.05) is 0 Å². The van der Waals surface area contributed by atoms with Crippen LogP contribution in [0.1, 0.15) is 62.3 Å². The molecule has 0 bridgehead atoms. The zero-order valence-corrected chi connectivity index (χ0v) is 24.4. The number of aromatic nitrogens is 3. The molecular weight excluding hydrogens is 502 g/mol. The number of hydrogen-bond donors (Lipinski definition) is 1. The first-order valence-corrected chi connectivity index (χ1v) is 14.0. The van der Waals surface area contributed by atoms with Gasteiger partial charge in [-0.15, -0.1) is 0 Å². The molecule has 0 aliphatic heterocycles. The van der Waals surface area contributed by atoms with Crippen LogP contribution in [0, 0.1) is 6.85 Å². The average Bonchev–Trinajstić information content (AvgIpc) is 3.29. The zero-order valence-electron chi connectivity index (χ0n) is 27.4. The summed E-state index contributed by atoms with van der Waals surface area (Å²) >= 11 is 0. The minimum Gasteiger partial charge on any atom is -0.507 e. The van der Waals surface area contributed by atoms with E-state index in [1.807, 2.05) is 30.3 Å². The van der Waals surface area contributed by atoms with Gasteiger partial charge >= 0.3 is 0 Å². The molecule has 0 aliphatic carbocycles. The predicted octanol–water partition coefficient (Wildman–Crippen LogP) is 9.52. The molecule has 6 rings (SSSR count). The highest BCUT2D eigenvalue weighted by Crippen LogP contribution is 2.40. The Hall–Kier alpha value is -4.44. The SMILES string of the molecule is [2H]C([2H])([2H])c1cccc(-c2ccc3c4cc(C(C)(C)C)ccc4n(-c4cc(C(C)(C)C)cc(-c5ccccn5)n4)c3c2)c1O. The highest BCUT2D eigenvalue weighted by molar-refractivity contribution is 6.10. The lowest BCUT2D eigenvalue weighted by Crippen LogP contribution is -2.13. The largest absolute Gasteiger partial charge is 0.507 e. The molecule has 0 aliphatic rings. The molecule has 0 radical (unpaired) electrons. The maximum atomic E-state index is 11.1. The van der Waals surface area contributed by atoms with Crippen molar-refractivity contribution in [3.8, 4) is 34.1 Å². The summed E-state index contributed by atoms with van der Waals surface area (Å²) in [7, 11) is 0. The second-order valence-electron chi connectivity index (χ2n) is 12.8. The number of phenolic OH excluding ortho intramolecular Hbond substituents is 1. The van der Waals surface area contributed by atoms with Gasteiger partial charge in [0, 0.05) is 26.6 Å². The van der Waals surface area contributed by atoms with Gasteiger partial charge in [-0.05, 0) is 82.4 Å². The Balaban J connectivity index is 1.70. The van der Waals surface area contributed by atoms with Crippen molar-refractivity contribution in [3.05, 3.63) is 108 Å². The minimum atomic E-state index is -2.43. The summed E-state index contributed by atoms with van der Waals surface area (Å²) in [5.41, 5.74) is 6.79. The van der Waals surface area contributed by atoms with Crippen LogP contribution in [0.4, 0.5) is 0 Å². The smallest absolute Gasteiger partial charge is 0.138 e. The molecule has 4 nitrogen and oxygen atoms in total. The predicted molar refractivity (Wildman–Crippen MR) is 171 cm³/mol. The number of benzene rings is 3. The van der Waals surface area contributed by atoms with Crippen LogP contribution in [-0.4, -0.2) is 19.6 Å². The van der Waals surface area contributed by atoms with Gasteiger partial charge < -0.3 is 5.11 Å². The van der Waals surface area contributed by atoms with Crippen LogP contribution in [0.15, 0.2) is 91.1 Å². The molecule has 4 heteroatoms. The van der Waals surface area contributed by atoms with E-state index >= 15 is 0 Å². The number of aromatic hydroxyl groups is 1. The Bertz CT molecular complexity index is 2030. The molecule has 0 unspecified atom stereocenters. The molecule has 0 amide bonds. The van der Waals surface area contributed by atoms with Gasteiger partial charge in [-0.3, -0.25) is 9.55 Å². The molecule has 0 saturated heterocycles. The van der Waals surface area contributed by atoms with Crippen LogP contribution in [0.3, 0.4) is 0 Å². The quantitative estimate of drug-likeness (QED) is 0.242. The first kappa shape index (κ1) is 23.3. The second-order valence-corrected chi connectivity index (χ2v) is 12.8. The molecule has 1 N–H and O–H groups in total. The molecule has 0 saturated carbocycles. The Kier molecular flexibility index (Phi) is 5.44. The van der Waals surface area contributed by atoms with Crippen LogP contribution in [0.25, 0.3) is 50.1 Å². The molecule has 3 aromatic carbocycles. The van der Waals surface area contributed by atoms with E-state index in [-0.39, 0.29) is 22.1 Å². The van der Waals surface area contributed by atoms with Gasteiger partial charge in [-0.1, -0.05) is 84.0 Å². The maximum absolute atomic E-state index is 11.1. The van der Waals surface area contributed by atoms with Crippen molar-refractivity contribution in [3.63, 3.8) is 0 Å². The van der Waals surface area contributed by atoms with Crippen molar-refractivity contribution in [2.24, 2.45) is 0 Å². The lowest BCUT2D eigenvalue weighted by atomic mass is 9.86. The number of rotatable bonds is 3. The van der Waals surface area contributed by atoms with Crippen LogP contribution in [-0.2, 0) is 10.8 Å². The van der Waals surface area contributed by atoms with E-state index in [1.165, 1.54) is 11.6 Å². The summed E-state index contributed by atoms with van der Waals surface area (Å²) in [6, 6.07) is 27.6. The summed E-state index contributed by atoms with van der Waals surface area (Å²) in [6.07, 6.45) is 1.78. The molecule has 0 spiro atoms. The summed E-state index contributed by atoms with van der Waals surface area (Å²) in [5, 5.41) is 13.2. The van der Waals surface area contributed by atoms with Gasteiger partial charge in [0.2, 0.25) is 0 Å². The van der Waals surface area contributed by atoms with E-state index in [2.05, 4.69) is 87.5 Å². The summed E-state index contributed by atoms with van der Waals surface area (Å²) in [5.74, 6) is 0.536. The molecular formula is C37H37N3O. The maximum Gasteiger partial charge on any atom is 0.138 e. The number of phenols is 1. The van der Waals surface area contributed by atoms with E-state index in [1.54, 1.807) is 18.3 Å². The molecule has 6 aromatic rings. The molecule has 206 valence electrons. The lowest BCUT2D eigenvalue weighted by molar-refractivity contribution is 0.473. The average molecular weight is 543 g/mol. The zero-order chi connectivity index (χ0) is 31.6. The molecule has 3 heterocycles. The topological polar surface area (TPSA) is 50.9 Å². The third-order valence-corrected chi connectivity index (χ3v) is 7.81. The monoisotopic (exact) mass is 542 g/mol. The third-order valence-electron chi connectivity index (χ3n) is 7.81. The summed E-state index contributed by atoms with van der Waals surface area (Å²) < 4.78 is 25.9. The van der Waals surface area contributed by atoms with Gasteiger partial charge in [0.05, 0.1) is 22.4 Å². The minimum absolute atomic E-state index is 0.0411. The van der Waals surface area contributed by atoms with Crippen molar-refractivity contribution >= 4 is 21.8 Å². The van der Waals surface area contributed by atoms with Gasteiger partial charge in [-0.2, -0.15) is 0 Å². The van der Waals surface area contributed by atoms with Gasteiger partial charge in [0.15, 0.2) is 0 Å². The Labute approximate surface area is 246 Å². The molecule has 0 atom stereocenters. The van der Waals surface area contributed by atoms with E-state index in [9.17, 15) is 5.11 Å². The van der Waals surface area contributed by atoms with Gasteiger partial charge in [0.1, 0.15) is 11.6 Å². The standard InChI is InChI=1S/C37H37N3O/c1-23-11-10-12-27(35(23)41)24-14-16-28-29-20-25(36(2,3)4)15-17-32(29)40(33(28)19-24)34-22-26(37(5,6)7)21-31(39-34)30-13-8-9-18-38-30/h8-22,41H,1-7H3/i1D3. The fraction of sp³-hybridized carbons (Fsp3) is 0.243. The van der Waals surface area contributed by atoms with E-state index < -0.39 is 6.85 Å². The number of para-hydroxylation sites is 1. The fourth-order valence-electron chi connectivity index (χ4n) is 5.39. The second kappa shape index (κ2) is 9.59. The first-order valence-electron chi connectivity index (χ1n) is 15.5. The van der Waals surface area contributed by atoms with Crippen molar-refractivity contribution in [1.82, 2.24) is 14.5 Å². The van der Waals surface area contributed by atoms with Crippen molar-refractivity contribution < 1.29 is 9.22 Å². The van der Waals surface area contributed by atoms with Gasteiger partial charge in [0.25, 0.3) is 0 Å². The number of fused-ring (bicyclic) bond motifs is 3. The van der Waals surface area contributed by atoms with Crippen molar-refractivity contribution in [2.45, 2.75) is 59.2 Å². The highest BCUT2D eigenvalue weighted by Gasteiger charge is 2.22. The normalized spacial score (nSPS) is 13.8. The van der Waals surface area contributed by atoms with Crippen LogP contribution in [0.2, 0.25) is 0 Å². The number of nitrogens with zero attached hydrogens (tertiary/aromatic N) is 3. The third kappa shape index (κ3) is 4.78. The Morgan fingerprint density at radius 1 is 0.707 bits per heavy atom. The molecule has 41 heavy (non-hydrogen) atoms. The summed E-state index contributed by atoms with van der Waals surface area (Å²) in [6.45, 7) is 10.8. The first-order chi connectivity index (χ1) is 20.6. The van der Waals surface area contributed by atoms with E-state index in [0.29, 0.717) is 5.56 Å². The van der Waals surface area contributed by atoms with Crippen molar-refractivity contribution in [1.29, 1.82) is 0 Å². The summed E-state index contributed by atoms with van der Waals surface area (Å²) in [4.78, 5) is 9.78. The van der Waals surface area contributed by atoms with E-state index in [4.69, 9.17) is 9.10 Å².